The number of ether oxygens (including phenoxy) is 3. The molecule has 9 heteroatoms. The van der Waals surface area contributed by atoms with Crippen LogP contribution in [0.1, 0.15) is 33.8 Å². The predicted molar refractivity (Wildman–Crippen MR) is 111 cm³/mol. The van der Waals surface area contributed by atoms with Crippen molar-refractivity contribution in [2.75, 3.05) is 20.8 Å². The average Bonchev–Trinajstić information content (AvgIpc) is 2.80. The van der Waals surface area contributed by atoms with Gasteiger partial charge in [0.05, 0.1) is 26.2 Å². The molecule has 0 aromatic heterocycles. The maximum Gasteiger partial charge on any atom is 0.341 e. The fourth-order valence-corrected chi connectivity index (χ4v) is 3.50. The highest BCUT2D eigenvalue weighted by molar-refractivity contribution is 6.52. The number of aliphatic hydroxyl groups is 1. The first-order valence-electron chi connectivity index (χ1n) is 9.49. The van der Waals surface area contributed by atoms with Crippen LogP contribution in [0, 0.1) is 0 Å². The van der Waals surface area contributed by atoms with Gasteiger partial charge in [0, 0.05) is 17.0 Å². The molecule has 166 valence electrons. The number of aliphatic hydroxyl groups excluding tert-OH is 1. The Balaban J connectivity index is 2.14. The number of rotatable bonds is 8. The van der Waals surface area contributed by atoms with Crippen LogP contribution in [-0.4, -0.2) is 54.5 Å². The summed E-state index contributed by atoms with van der Waals surface area (Å²) in [7, 11) is 2.52. The number of allylic oxidation sites excluding steroid dienone is 1. The summed E-state index contributed by atoms with van der Waals surface area (Å²) in [4.78, 5) is 48.5. The van der Waals surface area contributed by atoms with Gasteiger partial charge in [-0.25, -0.2) is 4.79 Å². The number of carbonyl (C=O) groups excluding carboxylic acids is 3. The van der Waals surface area contributed by atoms with Gasteiger partial charge in [0.25, 0.3) is 0 Å². The van der Waals surface area contributed by atoms with Gasteiger partial charge in [-0.2, -0.15) is 0 Å². The monoisotopic (exact) mass is 440 g/mol. The normalized spacial score (nSPS) is 13.9. The Bertz CT molecular complexity index is 1130. The van der Waals surface area contributed by atoms with Gasteiger partial charge in [-0.15, -0.1) is 0 Å². The van der Waals surface area contributed by atoms with Crippen LogP contribution >= 0.6 is 0 Å². The maximum atomic E-state index is 12.9. The van der Waals surface area contributed by atoms with Crippen LogP contribution in [0.15, 0.2) is 48.0 Å². The van der Waals surface area contributed by atoms with Crippen molar-refractivity contribution in [1.29, 1.82) is 0 Å². The molecule has 0 unspecified atom stereocenters. The van der Waals surface area contributed by atoms with Crippen molar-refractivity contribution < 1.29 is 43.6 Å². The summed E-state index contributed by atoms with van der Waals surface area (Å²) in [6.45, 7) is -0.600. The van der Waals surface area contributed by atoms with E-state index in [1.54, 1.807) is 12.1 Å². The number of hydrogen-bond donors (Lipinski definition) is 2. The van der Waals surface area contributed by atoms with Gasteiger partial charge < -0.3 is 24.4 Å². The molecule has 0 saturated heterocycles. The smallest absolute Gasteiger partial charge is 0.341 e. The summed E-state index contributed by atoms with van der Waals surface area (Å²) < 4.78 is 15.2. The molecule has 1 aliphatic carbocycles. The van der Waals surface area contributed by atoms with Crippen molar-refractivity contribution in [1.82, 2.24) is 0 Å². The maximum absolute atomic E-state index is 12.9. The zero-order chi connectivity index (χ0) is 23.4. The minimum Gasteiger partial charge on any atom is -0.507 e. The van der Waals surface area contributed by atoms with Crippen molar-refractivity contribution in [2.45, 2.75) is 12.3 Å². The largest absolute Gasteiger partial charge is 0.507 e. The van der Waals surface area contributed by atoms with E-state index in [-0.39, 0.29) is 34.6 Å². The Hall–Kier alpha value is -4.14. The van der Waals surface area contributed by atoms with Crippen LogP contribution in [0.5, 0.6) is 11.5 Å². The average molecular weight is 440 g/mol. The lowest BCUT2D eigenvalue weighted by molar-refractivity contribution is -0.141. The molecule has 0 aliphatic heterocycles. The number of Topliss-reactive ketones (excluding diaryl/α,β-unsaturated/α-hetero) is 2. The van der Waals surface area contributed by atoms with Crippen molar-refractivity contribution in [3.8, 4) is 11.5 Å². The molecule has 0 fully saturated rings. The van der Waals surface area contributed by atoms with Crippen LogP contribution in [0.3, 0.4) is 0 Å². The molecule has 0 amide bonds. The van der Waals surface area contributed by atoms with E-state index in [9.17, 15) is 24.3 Å². The van der Waals surface area contributed by atoms with Crippen molar-refractivity contribution >= 4 is 29.3 Å². The van der Waals surface area contributed by atoms with E-state index >= 15 is 0 Å². The van der Waals surface area contributed by atoms with Crippen molar-refractivity contribution in [3.05, 3.63) is 64.7 Å². The fraction of sp³-hybridized carbons (Fsp3) is 0.217. The van der Waals surface area contributed by atoms with Crippen LogP contribution in [0.4, 0.5) is 0 Å². The molecule has 0 spiro atoms. The number of aliphatic carboxylic acids is 1. The first-order chi connectivity index (χ1) is 15.3. The van der Waals surface area contributed by atoms with Crippen molar-refractivity contribution in [3.63, 3.8) is 0 Å². The van der Waals surface area contributed by atoms with E-state index in [0.717, 1.165) is 0 Å². The molecule has 0 bridgehead atoms. The third kappa shape index (κ3) is 4.31. The summed E-state index contributed by atoms with van der Waals surface area (Å²) in [5, 5.41) is 19.7. The third-order valence-electron chi connectivity index (χ3n) is 5.02. The van der Waals surface area contributed by atoms with E-state index < -0.39 is 41.8 Å². The number of methoxy groups -OCH3 is 2. The number of carboxylic acid groups (broad SMARTS) is 1. The molecule has 0 saturated carbocycles. The Kier molecular flexibility index (Phi) is 6.58. The first kappa shape index (κ1) is 22.5. The number of benzene rings is 2. The molecule has 9 nitrogen and oxygen atoms in total. The third-order valence-corrected chi connectivity index (χ3v) is 5.02. The van der Waals surface area contributed by atoms with Gasteiger partial charge in [-0.05, 0) is 17.7 Å². The number of ketones is 2. The second-order valence-corrected chi connectivity index (χ2v) is 6.89. The number of carbonyl (C=O) groups is 4. The lowest BCUT2D eigenvalue weighted by atomic mass is 9.78. The molecular formula is C23H20O9. The molecule has 32 heavy (non-hydrogen) atoms. The topological polar surface area (TPSA) is 136 Å². The molecule has 1 aliphatic rings. The van der Waals surface area contributed by atoms with E-state index in [0.29, 0.717) is 5.56 Å². The number of fused-ring (bicyclic) bond motifs is 1. The van der Waals surface area contributed by atoms with Gasteiger partial charge in [-0.3, -0.25) is 14.4 Å². The number of hydrogen-bond acceptors (Lipinski definition) is 8. The Morgan fingerprint density at radius 2 is 1.66 bits per heavy atom. The molecule has 1 atom stereocenters. The second-order valence-electron chi connectivity index (χ2n) is 6.89. The Labute approximate surface area is 182 Å². The lowest BCUT2D eigenvalue weighted by Gasteiger charge is -2.25. The summed E-state index contributed by atoms with van der Waals surface area (Å²) in [6.07, 6.45) is -0.338. The van der Waals surface area contributed by atoms with Gasteiger partial charge in [0.1, 0.15) is 5.76 Å². The van der Waals surface area contributed by atoms with Crippen LogP contribution in [0.2, 0.25) is 0 Å². The number of carboxylic acids is 1. The van der Waals surface area contributed by atoms with Gasteiger partial charge in [0.2, 0.25) is 11.6 Å². The van der Waals surface area contributed by atoms with Gasteiger partial charge >= 0.3 is 11.9 Å². The summed E-state index contributed by atoms with van der Waals surface area (Å²) in [6, 6.07) is 10.5. The SMILES string of the molecule is COC(=O)C[C@H](C1=C(O)c2ccccc2C(=O)C1=O)c1ccc(OCC(=O)O)c(OC)c1. The lowest BCUT2D eigenvalue weighted by Crippen LogP contribution is -2.28. The van der Waals surface area contributed by atoms with Crippen molar-refractivity contribution in [2.24, 2.45) is 0 Å². The number of esters is 1. The molecular weight excluding hydrogens is 420 g/mol. The highest BCUT2D eigenvalue weighted by Gasteiger charge is 2.38. The van der Waals surface area contributed by atoms with Crippen LogP contribution in [0.25, 0.3) is 5.76 Å². The zero-order valence-electron chi connectivity index (χ0n) is 17.3. The quantitative estimate of drug-likeness (QED) is 0.469. The second kappa shape index (κ2) is 9.34. The Morgan fingerprint density at radius 3 is 2.28 bits per heavy atom. The molecule has 2 aromatic rings. The van der Waals surface area contributed by atoms with E-state index in [1.807, 2.05) is 0 Å². The van der Waals surface area contributed by atoms with E-state index in [2.05, 4.69) is 0 Å². The van der Waals surface area contributed by atoms with Gasteiger partial charge in [-0.1, -0.05) is 30.3 Å². The standard InChI is InChI=1S/C23H20O9/c1-30-17-9-12(7-8-16(17)32-11-18(24)25)15(10-19(26)31-2)20-21(27)13-5-3-4-6-14(13)22(28)23(20)29/h3-9,15,27H,10-11H2,1-2H3,(H,24,25)/t15-/m0/s1. The van der Waals surface area contributed by atoms with Gasteiger partial charge in [0.15, 0.2) is 18.1 Å². The first-order valence-corrected chi connectivity index (χ1v) is 9.49. The van der Waals surface area contributed by atoms with Crippen LogP contribution < -0.4 is 9.47 Å². The van der Waals surface area contributed by atoms with E-state index in [1.165, 1.54) is 44.6 Å². The minimum atomic E-state index is -1.18. The summed E-state index contributed by atoms with van der Waals surface area (Å²) in [5.41, 5.74) is 0.387. The highest BCUT2D eigenvalue weighted by atomic mass is 16.5. The molecule has 0 radical (unpaired) electrons. The molecule has 0 heterocycles. The molecule has 2 aromatic carbocycles. The fourth-order valence-electron chi connectivity index (χ4n) is 3.50. The zero-order valence-corrected chi connectivity index (χ0v) is 17.3. The molecule has 2 N–H and O–H groups in total. The summed E-state index contributed by atoms with van der Waals surface area (Å²) >= 11 is 0. The molecule has 3 rings (SSSR count). The minimum absolute atomic E-state index is 0.0746. The predicted octanol–water partition coefficient (Wildman–Crippen LogP) is 2.54. The summed E-state index contributed by atoms with van der Waals surface area (Å²) in [5.74, 6) is -4.73. The Morgan fingerprint density at radius 1 is 0.969 bits per heavy atom. The highest BCUT2D eigenvalue weighted by Crippen LogP contribution is 2.40. The van der Waals surface area contributed by atoms with E-state index in [4.69, 9.17) is 19.3 Å². The van der Waals surface area contributed by atoms with Crippen LogP contribution in [-0.2, 0) is 19.1 Å².